The average Bonchev–Trinajstić information content (AvgIpc) is 3.94. The Hall–Kier alpha value is -6.69. The second-order valence-electron chi connectivity index (χ2n) is 13.9. The normalized spacial score (nSPS) is 12.6. The third-order valence-corrected chi connectivity index (χ3v) is 12.4. The van der Waals surface area contributed by atoms with Gasteiger partial charge in [-0.05, 0) is 82.1 Å². The molecule has 0 N–H and O–H groups in total. The molecule has 0 radical (unpaired) electrons. The van der Waals surface area contributed by atoms with Crippen LogP contribution in [-0.4, -0.2) is 14.0 Å². The minimum atomic E-state index is 0.579. The first-order valence-electron chi connectivity index (χ1n) is 17.6. The summed E-state index contributed by atoms with van der Waals surface area (Å²) in [4.78, 5) is 5.31. The van der Waals surface area contributed by atoms with Gasteiger partial charge in [-0.15, -0.1) is 11.3 Å². The summed E-state index contributed by atoms with van der Waals surface area (Å²) < 4.78 is 14.1. The summed E-state index contributed by atoms with van der Waals surface area (Å²) in [6.07, 6.45) is 0. The van der Waals surface area contributed by atoms with Crippen molar-refractivity contribution in [2.75, 3.05) is 0 Å². The zero-order chi connectivity index (χ0) is 33.7. The Bertz CT molecular complexity index is 3580. The fraction of sp³-hybridized carbons (Fsp3) is 0. The van der Waals surface area contributed by atoms with Gasteiger partial charge in [0, 0.05) is 47.3 Å². The molecule has 0 aliphatic heterocycles. The van der Waals surface area contributed by atoms with Gasteiger partial charge in [-0.1, -0.05) is 97.1 Å². The van der Waals surface area contributed by atoms with Crippen molar-refractivity contribution in [1.29, 1.82) is 0 Å². The zero-order valence-electron chi connectivity index (χ0n) is 27.6. The maximum atomic E-state index is 6.74. The molecule has 5 aromatic heterocycles. The highest BCUT2D eigenvalue weighted by molar-refractivity contribution is 7.26. The summed E-state index contributed by atoms with van der Waals surface area (Å²) in [6.45, 7) is 0. The van der Waals surface area contributed by atoms with Crippen molar-refractivity contribution in [2.24, 2.45) is 0 Å². The first kappa shape index (κ1) is 27.1. The highest BCUT2D eigenvalue weighted by atomic mass is 32.1. The van der Waals surface area contributed by atoms with Crippen molar-refractivity contribution in [3.63, 3.8) is 0 Å². The number of hydrogen-bond donors (Lipinski definition) is 0. The number of thiophene rings is 1. The third-order valence-electron chi connectivity index (χ3n) is 11.3. The zero-order valence-corrected chi connectivity index (χ0v) is 28.4. The molecule has 8 aromatic carbocycles. The standard InChI is InChI=1S/C47H25N3OS/c1-2-8-26(9-3-1)27-16-17-29-25-30(19-18-28(29)24-27)31-11-6-15-38-45(31)48-47(51-38)50-36-14-7-13-35-41(36)42-37(50)21-23-39-43(42)44-40(52-39)22-20-33-32-10-4-5-12-34(32)49(35)46(33)44/h1-25H. The molecule has 0 saturated carbocycles. The van der Waals surface area contributed by atoms with Crippen molar-refractivity contribution in [1.82, 2.24) is 14.0 Å². The fourth-order valence-electron chi connectivity index (χ4n) is 9.06. The van der Waals surface area contributed by atoms with Gasteiger partial charge in [0.05, 0.1) is 27.6 Å². The van der Waals surface area contributed by atoms with Crippen LogP contribution in [0.3, 0.4) is 0 Å². The molecule has 13 aromatic rings. The van der Waals surface area contributed by atoms with Crippen LogP contribution in [0, 0.1) is 0 Å². The molecule has 0 amide bonds. The predicted molar refractivity (Wildman–Crippen MR) is 218 cm³/mol. The van der Waals surface area contributed by atoms with E-state index in [4.69, 9.17) is 9.40 Å². The third kappa shape index (κ3) is 3.34. The highest BCUT2D eigenvalue weighted by Crippen LogP contribution is 2.50. The number of rotatable bonds is 3. The minimum absolute atomic E-state index is 0.579. The van der Waals surface area contributed by atoms with E-state index in [2.05, 4.69) is 155 Å². The molecule has 0 saturated heterocycles. The van der Waals surface area contributed by atoms with Crippen LogP contribution in [0.4, 0.5) is 0 Å². The largest absolute Gasteiger partial charge is 0.423 e. The topological polar surface area (TPSA) is 35.4 Å². The van der Waals surface area contributed by atoms with E-state index in [0.29, 0.717) is 6.01 Å². The van der Waals surface area contributed by atoms with Gasteiger partial charge in [0.25, 0.3) is 0 Å². The number of hydrogen-bond acceptors (Lipinski definition) is 3. The van der Waals surface area contributed by atoms with Crippen LogP contribution in [-0.2, 0) is 0 Å². The van der Waals surface area contributed by atoms with Gasteiger partial charge in [-0.2, -0.15) is 4.98 Å². The maximum Gasteiger partial charge on any atom is 0.307 e. The molecular weight excluding hydrogens is 655 g/mol. The lowest BCUT2D eigenvalue weighted by atomic mass is 9.97. The Labute approximate surface area is 299 Å². The summed E-state index contributed by atoms with van der Waals surface area (Å²) in [5, 5.41) is 10.1. The van der Waals surface area contributed by atoms with Gasteiger partial charge < -0.3 is 8.82 Å². The van der Waals surface area contributed by atoms with Gasteiger partial charge in [-0.3, -0.25) is 4.57 Å². The molecule has 0 spiro atoms. The van der Waals surface area contributed by atoms with E-state index in [9.17, 15) is 0 Å². The second kappa shape index (κ2) is 9.55. The summed E-state index contributed by atoms with van der Waals surface area (Å²) in [5.74, 6) is 0. The minimum Gasteiger partial charge on any atom is -0.423 e. The lowest BCUT2D eigenvalue weighted by Gasteiger charge is -2.07. The quantitative estimate of drug-likeness (QED) is 0.186. The second-order valence-corrected chi connectivity index (χ2v) is 15.0. The van der Waals surface area contributed by atoms with E-state index in [1.165, 1.54) is 80.2 Å². The molecule has 0 aliphatic carbocycles. The Morgan fingerprint density at radius 1 is 0.481 bits per heavy atom. The molecule has 0 fully saturated rings. The molecule has 0 bridgehead atoms. The van der Waals surface area contributed by atoms with Gasteiger partial charge in [-0.25, -0.2) is 0 Å². The van der Waals surface area contributed by atoms with Crippen LogP contribution in [0.5, 0.6) is 0 Å². The summed E-state index contributed by atoms with van der Waals surface area (Å²) in [6, 6.07) is 55.4. The highest BCUT2D eigenvalue weighted by Gasteiger charge is 2.26. The van der Waals surface area contributed by atoms with E-state index in [1.807, 2.05) is 17.4 Å². The van der Waals surface area contributed by atoms with E-state index < -0.39 is 0 Å². The number of oxazole rings is 1. The van der Waals surface area contributed by atoms with E-state index in [1.54, 1.807) is 0 Å². The molecule has 13 rings (SSSR count). The molecule has 5 heteroatoms. The summed E-state index contributed by atoms with van der Waals surface area (Å²) >= 11 is 1.88. The van der Waals surface area contributed by atoms with Crippen LogP contribution in [0.2, 0.25) is 0 Å². The molecule has 0 aliphatic rings. The number of fused-ring (bicyclic) bond motifs is 6. The van der Waals surface area contributed by atoms with E-state index in [0.717, 1.165) is 33.3 Å². The van der Waals surface area contributed by atoms with Gasteiger partial charge >= 0.3 is 6.01 Å². The maximum absolute atomic E-state index is 6.74. The Morgan fingerprint density at radius 3 is 2.13 bits per heavy atom. The number of nitrogens with zero attached hydrogens (tertiary/aromatic N) is 3. The van der Waals surface area contributed by atoms with Crippen LogP contribution >= 0.6 is 11.3 Å². The van der Waals surface area contributed by atoms with Crippen molar-refractivity contribution in [3.8, 4) is 28.3 Å². The van der Waals surface area contributed by atoms with Crippen LogP contribution in [0.1, 0.15) is 0 Å². The van der Waals surface area contributed by atoms with Gasteiger partial charge in [0.2, 0.25) is 0 Å². The van der Waals surface area contributed by atoms with Gasteiger partial charge in [0.1, 0.15) is 5.52 Å². The first-order valence-corrected chi connectivity index (χ1v) is 18.4. The lowest BCUT2D eigenvalue weighted by Crippen LogP contribution is -1.94. The summed E-state index contributed by atoms with van der Waals surface area (Å²) in [7, 11) is 0. The average molecular weight is 680 g/mol. The Balaban J connectivity index is 1.07. The molecular formula is C47H25N3OS. The molecule has 0 atom stereocenters. The van der Waals surface area contributed by atoms with Crippen molar-refractivity contribution >= 4 is 103 Å². The monoisotopic (exact) mass is 679 g/mol. The van der Waals surface area contributed by atoms with Crippen molar-refractivity contribution in [3.05, 3.63) is 152 Å². The van der Waals surface area contributed by atoms with E-state index in [-0.39, 0.29) is 0 Å². The number of benzene rings is 8. The Kier molecular flexibility index (Phi) is 4.97. The predicted octanol–water partition coefficient (Wildman–Crippen LogP) is 13.2. The number of aromatic nitrogens is 3. The van der Waals surface area contributed by atoms with Crippen LogP contribution in [0.15, 0.2) is 156 Å². The Morgan fingerprint density at radius 2 is 1.21 bits per heavy atom. The SMILES string of the molecule is c1ccc(-c2ccc3cc(-c4cccc5oc(-n6c7ccc8sc9ccc%10c%11ccccc%11n%11c%12cccc6c%12c7c8c9c%10%11)nc45)ccc3c2)cc1. The lowest BCUT2D eigenvalue weighted by molar-refractivity contribution is 0.574. The van der Waals surface area contributed by atoms with Crippen molar-refractivity contribution in [2.45, 2.75) is 0 Å². The first-order chi connectivity index (χ1) is 25.8. The van der Waals surface area contributed by atoms with Gasteiger partial charge in [0.15, 0.2) is 5.58 Å². The summed E-state index contributed by atoms with van der Waals surface area (Å²) in [5.41, 5.74) is 12.2. The van der Waals surface area contributed by atoms with Crippen LogP contribution < -0.4 is 0 Å². The van der Waals surface area contributed by atoms with Crippen molar-refractivity contribution < 1.29 is 4.42 Å². The molecule has 240 valence electrons. The molecule has 4 nitrogen and oxygen atoms in total. The number of para-hydroxylation sites is 2. The molecule has 52 heavy (non-hydrogen) atoms. The van der Waals surface area contributed by atoms with E-state index >= 15 is 0 Å². The van der Waals surface area contributed by atoms with Crippen LogP contribution in [0.25, 0.3) is 119 Å². The molecule has 0 unspecified atom stereocenters. The fourth-order valence-corrected chi connectivity index (χ4v) is 10.2. The smallest absolute Gasteiger partial charge is 0.307 e. The molecule has 5 heterocycles.